The molecule has 0 aromatic heterocycles. The molecule has 2 saturated heterocycles. The number of likely N-dealkylation sites (tertiary alicyclic amines) is 1. The van der Waals surface area contributed by atoms with Gasteiger partial charge in [-0.3, -0.25) is 14.4 Å². The number of hydrogen-bond acceptors (Lipinski definition) is 5. The van der Waals surface area contributed by atoms with Crippen molar-refractivity contribution in [3.05, 3.63) is 53.6 Å². The second-order valence-electron chi connectivity index (χ2n) is 9.99. The van der Waals surface area contributed by atoms with Crippen molar-refractivity contribution in [2.45, 2.75) is 43.4 Å². The molecular weight excluding hydrogens is 482 g/mol. The van der Waals surface area contributed by atoms with Gasteiger partial charge in [0.15, 0.2) is 0 Å². The van der Waals surface area contributed by atoms with Crippen molar-refractivity contribution in [3.63, 3.8) is 0 Å². The van der Waals surface area contributed by atoms with Crippen molar-refractivity contribution in [2.75, 3.05) is 38.2 Å². The first-order chi connectivity index (χ1) is 17.4. The number of anilines is 1. The minimum atomic E-state index is -1.21. The Morgan fingerprint density at radius 2 is 1.75 bits per heavy atom. The summed E-state index contributed by atoms with van der Waals surface area (Å²) < 4.78 is 6.59. The Bertz CT molecular complexity index is 1090. The third kappa shape index (κ3) is 4.05. The van der Waals surface area contributed by atoms with Crippen molar-refractivity contribution in [1.29, 1.82) is 0 Å². The number of benzene rings is 1. The summed E-state index contributed by atoms with van der Waals surface area (Å²) in [7, 11) is 1.73. The molecule has 4 heterocycles. The molecule has 1 spiro atoms. The smallest absolute Gasteiger partial charge is 0.253 e. The van der Waals surface area contributed by atoms with Crippen LogP contribution in [-0.4, -0.2) is 83.7 Å². The molecule has 5 rings (SSSR count). The van der Waals surface area contributed by atoms with E-state index in [-0.39, 0.29) is 24.3 Å². The van der Waals surface area contributed by atoms with E-state index in [0.29, 0.717) is 43.2 Å². The largest absolute Gasteiger partial charge is 0.396 e. The monoisotopic (exact) mass is 513 g/mol. The van der Waals surface area contributed by atoms with Crippen molar-refractivity contribution in [2.24, 2.45) is 11.8 Å². The number of aliphatic hydroxyl groups excluding tert-OH is 1. The molecule has 1 aromatic rings. The molecule has 0 radical (unpaired) electrons. The van der Waals surface area contributed by atoms with E-state index in [2.05, 4.69) is 0 Å². The summed E-state index contributed by atoms with van der Waals surface area (Å²) in [5.74, 6) is -2.02. The summed E-state index contributed by atoms with van der Waals surface area (Å²) in [6.45, 7) is 1.31. The van der Waals surface area contributed by atoms with Crippen molar-refractivity contribution in [1.82, 2.24) is 9.80 Å². The van der Waals surface area contributed by atoms with Crippen LogP contribution >= 0.6 is 11.6 Å². The number of fused-ring (bicyclic) bond motifs is 2. The molecule has 5 atom stereocenters. The molecule has 0 bridgehead atoms. The Morgan fingerprint density at radius 3 is 2.50 bits per heavy atom. The lowest BCUT2D eigenvalue weighted by atomic mass is 9.77. The molecule has 8 nitrogen and oxygen atoms in total. The van der Waals surface area contributed by atoms with Crippen molar-refractivity contribution in [3.8, 4) is 0 Å². The van der Waals surface area contributed by atoms with Gasteiger partial charge in [-0.25, -0.2) is 0 Å². The van der Waals surface area contributed by atoms with E-state index in [1.807, 2.05) is 24.3 Å². The van der Waals surface area contributed by atoms with E-state index in [0.717, 1.165) is 12.8 Å². The Hall–Kier alpha value is -2.68. The minimum Gasteiger partial charge on any atom is -0.396 e. The van der Waals surface area contributed by atoms with Gasteiger partial charge in [0.25, 0.3) is 5.91 Å². The number of unbranched alkanes of at least 4 members (excludes halogenated alkanes) is 3. The van der Waals surface area contributed by atoms with Crippen LogP contribution in [0.25, 0.3) is 0 Å². The Kier molecular flexibility index (Phi) is 6.94. The van der Waals surface area contributed by atoms with Gasteiger partial charge in [-0.15, -0.1) is 0 Å². The normalized spacial score (nSPS) is 31.4. The van der Waals surface area contributed by atoms with E-state index < -0.39 is 29.6 Å². The van der Waals surface area contributed by atoms with E-state index in [1.165, 1.54) is 0 Å². The fraction of sp³-hybridized carbons (Fsp3) is 0.519. The number of amides is 3. The van der Waals surface area contributed by atoms with E-state index in [4.69, 9.17) is 21.4 Å². The molecular formula is C27H32ClN3O5. The van der Waals surface area contributed by atoms with Gasteiger partial charge in [0.1, 0.15) is 11.6 Å². The van der Waals surface area contributed by atoms with Gasteiger partial charge in [-0.1, -0.05) is 48.7 Å². The first-order valence-electron chi connectivity index (χ1n) is 12.6. The molecule has 2 fully saturated rings. The lowest BCUT2D eigenvalue weighted by Gasteiger charge is -2.35. The minimum absolute atomic E-state index is 0.135. The second kappa shape index (κ2) is 10.00. The maximum atomic E-state index is 14.2. The zero-order valence-corrected chi connectivity index (χ0v) is 21.1. The standard InChI is InChI=1S/C27H32ClN3O5/c1-29-14-6-8-20-21(24(29)33)22-25(34)31(15-4-2-3-5-17-32)23-26(35)30(16-7-13-27(22,23)36-20)19-11-9-18(28)10-12-19/h6-13,20-23,32H,2-5,14-17H2,1H3/t20-,21+,22+,23?,27+/m1/s1. The zero-order valence-electron chi connectivity index (χ0n) is 20.4. The molecule has 1 N–H and O–H groups in total. The lowest BCUT2D eigenvalue weighted by Crippen LogP contribution is -2.55. The average Bonchev–Trinajstić information content (AvgIpc) is 3.18. The molecule has 4 aliphatic rings. The van der Waals surface area contributed by atoms with Crippen LogP contribution in [0, 0.1) is 11.8 Å². The highest BCUT2D eigenvalue weighted by Crippen LogP contribution is 2.53. The van der Waals surface area contributed by atoms with Gasteiger partial charge < -0.3 is 24.5 Å². The van der Waals surface area contributed by atoms with Crippen LogP contribution in [0.2, 0.25) is 5.02 Å². The zero-order chi connectivity index (χ0) is 25.4. The van der Waals surface area contributed by atoms with Crippen LogP contribution in [0.5, 0.6) is 0 Å². The third-order valence-electron chi connectivity index (χ3n) is 7.81. The average molecular weight is 514 g/mol. The van der Waals surface area contributed by atoms with Gasteiger partial charge in [0.05, 0.1) is 17.9 Å². The van der Waals surface area contributed by atoms with Crippen LogP contribution in [0.3, 0.4) is 0 Å². The summed E-state index contributed by atoms with van der Waals surface area (Å²) in [4.78, 5) is 46.5. The first kappa shape index (κ1) is 25.0. The topological polar surface area (TPSA) is 90.4 Å². The van der Waals surface area contributed by atoms with Crippen molar-refractivity contribution < 1.29 is 24.2 Å². The highest BCUT2D eigenvalue weighted by atomic mass is 35.5. The molecule has 1 unspecified atom stereocenters. The molecule has 0 saturated carbocycles. The maximum absolute atomic E-state index is 14.2. The number of rotatable bonds is 7. The summed E-state index contributed by atoms with van der Waals surface area (Å²) in [5.41, 5.74) is -0.527. The molecule has 192 valence electrons. The predicted octanol–water partition coefficient (Wildman–Crippen LogP) is 2.40. The molecule has 0 aliphatic carbocycles. The van der Waals surface area contributed by atoms with Gasteiger partial charge in [0.2, 0.25) is 11.8 Å². The number of nitrogens with zero attached hydrogens (tertiary/aromatic N) is 3. The number of hydrogen-bond donors (Lipinski definition) is 1. The number of aliphatic hydroxyl groups is 1. The quantitative estimate of drug-likeness (QED) is 0.446. The molecule has 4 aliphatic heterocycles. The summed E-state index contributed by atoms with van der Waals surface area (Å²) in [5, 5.41) is 9.66. The maximum Gasteiger partial charge on any atom is 0.253 e. The molecule has 3 amide bonds. The van der Waals surface area contributed by atoms with Crippen LogP contribution in [0.1, 0.15) is 25.7 Å². The van der Waals surface area contributed by atoms with Gasteiger partial charge in [0, 0.05) is 44.0 Å². The lowest BCUT2D eigenvalue weighted by molar-refractivity contribution is -0.143. The molecule has 9 heteroatoms. The number of carbonyl (C=O) groups excluding carboxylic acids is 3. The fourth-order valence-corrected chi connectivity index (χ4v) is 6.23. The molecule has 36 heavy (non-hydrogen) atoms. The van der Waals surface area contributed by atoms with Crippen LogP contribution < -0.4 is 4.90 Å². The Balaban J connectivity index is 1.53. The number of ether oxygens (including phenoxy) is 1. The Morgan fingerprint density at radius 1 is 1.00 bits per heavy atom. The Labute approximate surface area is 216 Å². The van der Waals surface area contributed by atoms with E-state index in [9.17, 15) is 14.4 Å². The highest BCUT2D eigenvalue weighted by Gasteiger charge is 2.71. The van der Waals surface area contributed by atoms with Gasteiger partial charge in [-0.2, -0.15) is 0 Å². The number of likely N-dealkylation sites (N-methyl/N-ethyl adjacent to an activating group) is 1. The highest BCUT2D eigenvalue weighted by molar-refractivity contribution is 6.30. The second-order valence-corrected chi connectivity index (χ2v) is 10.4. The SMILES string of the molecule is CN1CC=C[C@H]2O[C@]34C=CCN(c5ccc(Cl)cc5)C(=O)C3N(CCCCCCO)C(=O)[C@@H]4[C@H]2C1=O. The fourth-order valence-electron chi connectivity index (χ4n) is 6.10. The van der Waals surface area contributed by atoms with Crippen LogP contribution in [-0.2, 0) is 19.1 Å². The number of carbonyl (C=O) groups is 3. The summed E-state index contributed by atoms with van der Waals surface area (Å²) >= 11 is 6.08. The van der Waals surface area contributed by atoms with Gasteiger partial charge >= 0.3 is 0 Å². The summed E-state index contributed by atoms with van der Waals surface area (Å²) in [6.07, 6.45) is 10.0. The predicted molar refractivity (Wildman–Crippen MR) is 135 cm³/mol. The summed E-state index contributed by atoms with van der Waals surface area (Å²) in [6, 6.07) is 6.18. The van der Waals surface area contributed by atoms with Crippen molar-refractivity contribution >= 4 is 35.0 Å². The van der Waals surface area contributed by atoms with Gasteiger partial charge in [-0.05, 0) is 37.1 Å². The molecule has 1 aromatic carbocycles. The first-order valence-corrected chi connectivity index (χ1v) is 13.0. The third-order valence-corrected chi connectivity index (χ3v) is 8.06. The van der Waals surface area contributed by atoms with E-state index in [1.54, 1.807) is 46.0 Å². The van der Waals surface area contributed by atoms with Crippen LogP contribution in [0.4, 0.5) is 5.69 Å². The number of halogens is 1. The van der Waals surface area contributed by atoms with E-state index >= 15 is 0 Å². The van der Waals surface area contributed by atoms with Crippen LogP contribution in [0.15, 0.2) is 48.6 Å².